The first-order valence-electron chi connectivity index (χ1n) is 9.26. The molecule has 2 heterocycles. The minimum Gasteiger partial charge on any atom is -0.457 e. The molecule has 12 heteroatoms. The lowest BCUT2D eigenvalue weighted by atomic mass is 10.0. The van der Waals surface area contributed by atoms with Gasteiger partial charge in [0.15, 0.2) is 34.2 Å². The Morgan fingerprint density at radius 3 is 2.15 bits per heavy atom. The van der Waals surface area contributed by atoms with Crippen LogP contribution in [0.4, 0.5) is 26.3 Å². The first kappa shape index (κ1) is 23.3. The Morgan fingerprint density at radius 1 is 0.941 bits per heavy atom. The van der Waals surface area contributed by atoms with Gasteiger partial charge in [-0.2, -0.15) is 0 Å². The molecule has 0 atom stereocenters. The minimum absolute atomic E-state index is 0.313. The Hall–Kier alpha value is -3.86. The van der Waals surface area contributed by atoms with Crippen LogP contribution in [0.3, 0.4) is 0 Å². The molecule has 4 rings (SSSR count). The van der Waals surface area contributed by atoms with Crippen LogP contribution in [-0.2, 0) is 11.3 Å². The van der Waals surface area contributed by atoms with Crippen molar-refractivity contribution in [2.24, 2.45) is 0 Å². The third-order valence-corrected chi connectivity index (χ3v) is 5.03. The van der Waals surface area contributed by atoms with E-state index in [0.29, 0.717) is 22.2 Å². The zero-order chi connectivity index (χ0) is 24.7. The summed E-state index contributed by atoms with van der Waals surface area (Å²) in [6, 6.07) is 8.74. The van der Waals surface area contributed by atoms with E-state index in [9.17, 15) is 35.9 Å². The first-order valence-corrected chi connectivity index (χ1v) is 9.63. The van der Waals surface area contributed by atoms with E-state index in [2.05, 4.69) is 4.98 Å². The summed E-state index contributed by atoms with van der Waals surface area (Å²) in [7, 11) is 0. The Morgan fingerprint density at radius 2 is 1.53 bits per heavy atom. The number of rotatable bonds is 4. The van der Waals surface area contributed by atoms with E-state index in [-0.39, 0.29) is 6.61 Å². The lowest BCUT2D eigenvalue weighted by Gasteiger charge is -2.13. The molecule has 2 aromatic heterocycles. The quantitative estimate of drug-likeness (QED) is 0.127. The maximum Gasteiger partial charge on any atom is 0.344 e. The Labute approximate surface area is 190 Å². The fourth-order valence-corrected chi connectivity index (χ4v) is 3.27. The second-order valence-corrected chi connectivity index (χ2v) is 7.21. The summed E-state index contributed by atoms with van der Waals surface area (Å²) in [4.78, 5) is 28.9. The standard InChI is InChI=1S/C22H9ClF6N2O3/c23-19-12(24)7-31-20(30-19)10(13-14(25)16(27)18(29)17(28)15(13)26)6-11(21(31)32)22(33)34-8-9-4-2-1-3-5-9/h1-7H,8H2. The van der Waals surface area contributed by atoms with Crippen molar-refractivity contribution < 1.29 is 35.9 Å². The van der Waals surface area contributed by atoms with Crippen molar-refractivity contribution in [2.75, 3.05) is 0 Å². The SMILES string of the molecule is O=C(OCc1ccccc1)c1cc(-c2c(F)c(F)c(F)c(F)c2F)c2nc(Cl)c(F)cn2c1=O. The fourth-order valence-electron chi connectivity index (χ4n) is 3.15. The van der Waals surface area contributed by atoms with Gasteiger partial charge in [-0.05, 0) is 11.6 Å². The molecule has 0 amide bonds. The molecule has 0 saturated heterocycles. The molecule has 0 bridgehead atoms. The monoisotopic (exact) mass is 498 g/mol. The smallest absolute Gasteiger partial charge is 0.344 e. The largest absolute Gasteiger partial charge is 0.457 e. The molecular formula is C22H9ClF6N2O3. The van der Waals surface area contributed by atoms with Crippen molar-refractivity contribution in [1.29, 1.82) is 0 Å². The van der Waals surface area contributed by atoms with Gasteiger partial charge in [-0.25, -0.2) is 36.1 Å². The van der Waals surface area contributed by atoms with E-state index < -0.39 is 73.9 Å². The summed E-state index contributed by atoms with van der Waals surface area (Å²) in [5.41, 5.74) is -4.74. The van der Waals surface area contributed by atoms with Crippen LogP contribution in [0.15, 0.2) is 47.4 Å². The van der Waals surface area contributed by atoms with Gasteiger partial charge in [-0.1, -0.05) is 41.9 Å². The van der Waals surface area contributed by atoms with Gasteiger partial charge in [0.2, 0.25) is 5.82 Å². The van der Waals surface area contributed by atoms with E-state index >= 15 is 0 Å². The van der Waals surface area contributed by atoms with Crippen molar-refractivity contribution in [1.82, 2.24) is 9.38 Å². The highest BCUT2D eigenvalue weighted by atomic mass is 35.5. The number of halogens is 7. The number of hydrogen-bond acceptors (Lipinski definition) is 4. The Kier molecular flexibility index (Phi) is 6.05. The summed E-state index contributed by atoms with van der Waals surface area (Å²) in [6.07, 6.45) is 0.455. The normalized spacial score (nSPS) is 11.1. The number of benzene rings is 2. The van der Waals surface area contributed by atoms with Crippen molar-refractivity contribution >= 4 is 23.2 Å². The molecule has 0 saturated carbocycles. The third kappa shape index (κ3) is 3.87. The second kappa shape index (κ2) is 8.82. The van der Waals surface area contributed by atoms with Gasteiger partial charge in [-0.15, -0.1) is 0 Å². The van der Waals surface area contributed by atoms with Crippen LogP contribution in [0.25, 0.3) is 16.8 Å². The van der Waals surface area contributed by atoms with Crippen LogP contribution in [0, 0.1) is 34.9 Å². The summed E-state index contributed by atoms with van der Waals surface area (Å²) >= 11 is 5.60. The van der Waals surface area contributed by atoms with Gasteiger partial charge in [0.25, 0.3) is 5.56 Å². The molecule has 4 aromatic rings. The summed E-state index contributed by atoms with van der Waals surface area (Å²) < 4.78 is 89.7. The summed E-state index contributed by atoms with van der Waals surface area (Å²) in [5, 5.41) is -0.857. The molecule has 0 radical (unpaired) electrons. The number of hydrogen-bond donors (Lipinski definition) is 0. The molecule has 0 aliphatic rings. The Balaban J connectivity index is 1.98. The predicted octanol–water partition coefficient (Wildman–Crippen LogP) is 5.21. The average molecular weight is 499 g/mol. The third-order valence-electron chi connectivity index (χ3n) is 4.76. The molecular weight excluding hydrogens is 490 g/mol. The zero-order valence-electron chi connectivity index (χ0n) is 16.5. The van der Waals surface area contributed by atoms with E-state index in [1.54, 1.807) is 30.3 Å². The summed E-state index contributed by atoms with van der Waals surface area (Å²) in [5.74, 6) is -14.1. The van der Waals surface area contributed by atoms with Crippen LogP contribution in [-0.4, -0.2) is 15.4 Å². The van der Waals surface area contributed by atoms with Crippen molar-refractivity contribution in [2.45, 2.75) is 6.61 Å². The highest BCUT2D eigenvalue weighted by Crippen LogP contribution is 2.34. The topological polar surface area (TPSA) is 60.7 Å². The molecule has 34 heavy (non-hydrogen) atoms. The second-order valence-electron chi connectivity index (χ2n) is 6.86. The van der Waals surface area contributed by atoms with Crippen LogP contribution in [0.2, 0.25) is 5.15 Å². The van der Waals surface area contributed by atoms with Gasteiger partial charge in [0, 0.05) is 5.56 Å². The number of pyridine rings is 1. The van der Waals surface area contributed by atoms with Gasteiger partial charge in [0.05, 0.1) is 11.8 Å². The lowest BCUT2D eigenvalue weighted by Crippen LogP contribution is -2.25. The van der Waals surface area contributed by atoms with Gasteiger partial charge in [0.1, 0.15) is 17.8 Å². The van der Waals surface area contributed by atoms with Crippen molar-refractivity contribution in [3.63, 3.8) is 0 Å². The molecule has 0 unspecified atom stereocenters. The maximum atomic E-state index is 14.5. The average Bonchev–Trinajstić information content (AvgIpc) is 2.83. The van der Waals surface area contributed by atoms with Crippen LogP contribution in [0.1, 0.15) is 15.9 Å². The number of aromatic nitrogens is 2. The zero-order valence-corrected chi connectivity index (χ0v) is 17.3. The molecule has 0 fully saturated rings. The van der Waals surface area contributed by atoms with E-state index in [1.807, 2.05) is 0 Å². The van der Waals surface area contributed by atoms with Crippen LogP contribution < -0.4 is 5.56 Å². The van der Waals surface area contributed by atoms with Gasteiger partial charge in [-0.3, -0.25) is 9.20 Å². The first-order chi connectivity index (χ1) is 16.1. The number of ether oxygens (including phenoxy) is 1. The number of carbonyl (C=O) groups is 1. The van der Waals surface area contributed by atoms with Crippen LogP contribution >= 0.6 is 11.6 Å². The highest BCUT2D eigenvalue weighted by Gasteiger charge is 2.30. The van der Waals surface area contributed by atoms with E-state index in [1.165, 1.54) is 0 Å². The van der Waals surface area contributed by atoms with E-state index in [0.717, 1.165) is 0 Å². The Bertz CT molecular complexity index is 1500. The molecule has 2 aromatic carbocycles. The molecule has 0 spiro atoms. The van der Waals surface area contributed by atoms with Crippen molar-refractivity contribution in [3.8, 4) is 11.1 Å². The number of carbonyl (C=O) groups excluding carboxylic acids is 1. The molecule has 174 valence electrons. The lowest BCUT2D eigenvalue weighted by molar-refractivity contribution is 0.0470. The highest BCUT2D eigenvalue weighted by molar-refractivity contribution is 6.29. The van der Waals surface area contributed by atoms with Gasteiger partial charge < -0.3 is 4.74 Å². The maximum absolute atomic E-state index is 14.5. The fraction of sp³-hybridized carbons (Fsp3) is 0.0455. The minimum atomic E-state index is -2.42. The molecule has 0 N–H and O–H groups in total. The van der Waals surface area contributed by atoms with Gasteiger partial charge >= 0.3 is 5.97 Å². The molecule has 0 aliphatic carbocycles. The van der Waals surface area contributed by atoms with Crippen molar-refractivity contribution in [3.05, 3.63) is 104 Å². The van der Waals surface area contributed by atoms with E-state index in [4.69, 9.17) is 16.3 Å². The number of esters is 1. The molecule has 5 nitrogen and oxygen atoms in total. The summed E-state index contributed by atoms with van der Waals surface area (Å²) in [6.45, 7) is -0.313. The molecule has 0 aliphatic heterocycles. The predicted molar refractivity (Wildman–Crippen MR) is 107 cm³/mol. The number of nitrogens with zero attached hydrogens (tertiary/aromatic N) is 2. The number of fused-ring (bicyclic) bond motifs is 1. The van der Waals surface area contributed by atoms with Crippen LogP contribution in [0.5, 0.6) is 0 Å².